The molecule has 0 bridgehead atoms. The van der Waals surface area contributed by atoms with Gasteiger partial charge in [-0.1, -0.05) is 110 Å². The lowest BCUT2D eigenvalue weighted by molar-refractivity contribution is 0.464. The van der Waals surface area contributed by atoms with Crippen molar-refractivity contribution < 1.29 is 5.11 Å². The second-order valence-electron chi connectivity index (χ2n) is 9.09. The Bertz CT molecular complexity index is 526. The molecule has 0 saturated carbocycles. The standard InChI is InChI=1S/C28H50OS/c1-4-6-8-10-12-13-14-16-18-20-24-30-28-23-22-27(29)26(25(28)3)21-19-17-15-11-9-7-5-2/h22-23,29H,4-21,24H2,1-3H3. The lowest BCUT2D eigenvalue weighted by Crippen LogP contribution is -1.94. The third kappa shape index (κ3) is 12.9. The second-order valence-corrected chi connectivity index (χ2v) is 10.2. The molecule has 0 aliphatic carbocycles. The van der Waals surface area contributed by atoms with Crippen molar-refractivity contribution >= 4 is 11.8 Å². The minimum absolute atomic E-state index is 0.502. The van der Waals surface area contributed by atoms with Gasteiger partial charge in [0.15, 0.2) is 0 Å². The SMILES string of the molecule is CCCCCCCCCCCCSc1ccc(O)c(CCCCCCCCC)c1C. The van der Waals surface area contributed by atoms with Crippen LogP contribution < -0.4 is 0 Å². The summed E-state index contributed by atoms with van der Waals surface area (Å²) < 4.78 is 0. The zero-order valence-corrected chi connectivity index (χ0v) is 21.3. The summed E-state index contributed by atoms with van der Waals surface area (Å²) in [6.45, 7) is 6.76. The molecule has 0 atom stereocenters. The number of thioether (sulfide) groups is 1. The summed E-state index contributed by atoms with van der Waals surface area (Å²) in [5.74, 6) is 1.71. The van der Waals surface area contributed by atoms with E-state index in [0.29, 0.717) is 5.75 Å². The Balaban J connectivity index is 2.18. The summed E-state index contributed by atoms with van der Waals surface area (Å²) in [7, 11) is 0. The molecule has 1 N–H and O–H groups in total. The zero-order chi connectivity index (χ0) is 21.9. The summed E-state index contributed by atoms with van der Waals surface area (Å²) in [6, 6.07) is 4.05. The summed E-state index contributed by atoms with van der Waals surface area (Å²) in [6.07, 6.45) is 24.3. The van der Waals surface area contributed by atoms with E-state index in [1.54, 1.807) is 0 Å². The van der Waals surface area contributed by atoms with Crippen molar-refractivity contribution in [3.05, 3.63) is 23.3 Å². The van der Waals surface area contributed by atoms with Gasteiger partial charge < -0.3 is 5.11 Å². The molecule has 0 fully saturated rings. The number of aromatic hydroxyl groups is 1. The Kier molecular flexibility index (Phi) is 17.4. The lowest BCUT2D eigenvalue weighted by Gasteiger charge is -2.13. The largest absolute Gasteiger partial charge is 0.508 e. The number of hydrogen-bond donors (Lipinski definition) is 1. The zero-order valence-electron chi connectivity index (χ0n) is 20.4. The minimum Gasteiger partial charge on any atom is -0.508 e. The van der Waals surface area contributed by atoms with Crippen LogP contribution in [0.1, 0.15) is 134 Å². The van der Waals surface area contributed by atoms with Gasteiger partial charge in [-0.25, -0.2) is 0 Å². The normalized spacial score (nSPS) is 11.3. The smallest absolute Gasteiger partial charge is 0.119 e. The molecule has 0 aliphatic rings. The van der Waals surface area contributed by atoms with Gasteiger partial charge in [0, 0.05) is 4.90 Å². The molecule has 174 valence electrons. The van der Waals surface area contributed by atoms with E-state index in [2.05, 4.69) is 26.8 Å². The van der Waals surface area contributed by atoms with E-state index < -0.39 is 0 Å². The van der Waals surface area contributed by atoms with Crippen molar-refractivity contribution in [3.8, 4) is 5.75 Å². The Labute approximate surface area is 192 Å². The van der Waals surface area contributed by atoms with Crippen molar-refractivity contribution in [1.29, 1.82) is 0 Å². The third-order valence-corrected chi connectivity index (χ3v) is 7.56. The molecule has 0 heterocycles. The van der Waals surface area contributed by atoms with Crippen molar-refractivity contribution in [3.63, 3.8) is 0 Å². The highest BCUT2D eigenvalue weighted by Gasteiger charge is 2.10. The van der Waals surface area contributed by atoms with E-state index >= 15 is 0 Å². The molecule has 1 aromatic rings. The van der Waals surface area contributed by atoms with Crippen LogP contribution in [0.2, 0.25) is 0 Å². The van der Waals surface area contributed by atoms with Crippen LogP contribution in [0.4, 0.5) is 0 Å². The molecule has 0 aromatic heterocycles. The molecule has 0 aliphatic heterocycles. The average molecular weight is 435 g/mol. The van der Waals surface area contributed by atoms with Crippen LogP contribution in [0.25, 0.3) is 0 Å². The predicted molar refractivity (Wildman–Crippen MR) is 137 cm³/mol. The summed E-state index contributed by atoms with van der Waals surface area (Å²) >= 11 is 1.99. The molecule has 1 aromatic carbocycles. The summed E-state index contributed by atoms with van der Waals surface area (Å²) in [4.78, 5) is 1.38. The maximum atomic E-state index is 10.3. The first-order valence-electron chi connectivity index (χ1n) is 13.1. The molecule has 0 radical (unpaired) electrons. The highest BCUT2D eigenvalue weighted by Crippen LogP contribution is 2.32. The Morgan fingerprint density at radius 1 is 0.633 bits per heavy atom. The highest BCUT2D eigenvalue weighted by atomic mass is 32.2. The topological polar surface area (TPSA) is 20.2 Å². The van der Waals surface area contributed by atoms with Crippen LogP contribution in [-0.2, 0) is 6.42 Å². The Hall–Kier alpha value is -0.630. The predicted octanol–water partition coefficient (Wildman–Crippen LogP) is 10.0. The molecule has 0 spiro atoms. The van der Waals surface area contributed by atoms with Gasteiger partial charge in [0.25, 0.3) is 0 Å². The first kappa shape index (κ1) is 27.4. The molecule has 1 rings (SSSR count). The van der Waals surface area contributed by atoms with Gasteiger partial charge in [0.2, 0.25) is 0 Å². The molecule has 0 saturated heterocycles. The number of phenolic OH excluding ortho intramolecular Hbond substituents is 1. The van der Waals surface area contributed by atoms with Gasteiger partial charge >= 0.3 is 0 Å². The van der Waals surface area contributed by atoms with Crippen molar-refractivity contribution in [2.45, 2.75) is 141 Å². The van der Waals surface area contributed by atoms with E-state index in [9.17, 15) is 5.11 Å². The molecule has 0 unspecified atom stereocenters. The Morgan fingerprint density at radius 2 is 1.10 bits per heavy atom. The fourth-order valence-corrected chi connectivity index (χ4v) is 5.30. The molecule has 2 heteroatoms. The first-order valence-corrected chi connectivity index (χ1v) is 14.1. The molecular weight excluding hydrogens is 384 g/mol. The Morgan fingerprint density at radius 3 is 1.63 bits per heavy atom. The van der Waals surface area contributed by atoms with Crippen LogP contribution in [0, 0.1) is 6.92 Å². The van der Waals surface area contributed by atoms with Crippen LogP contribution in [0.3, 0.4) is 0 Å². The fourth-order valence-electron chi connectivity index (χ4n) is 4.22. The number of rotatable bonds is 20. The van der Waals surface area contributed by atoms with Gasteiger partial charge in [-0.15, -0.1) is 11.8 Å². The summed E-state index contributed by atoms with van der Waals surface area (Å²) in [5, 5.41) is 10.3. The van der Waals surface area contributed by atoms with Crippen LogP contribution in [0.5, 0.6) is 5.75 Å². The maximum absolute atomic E-state index is 10.3. The second kappa shape index (κ2) is 19.1. The van der Waals surface area contributed by atoms with Crippen molar-refractivity contribution in [1.82, 2.24) is 0 Å². The van der Waals surface area contributed by atoms with E-state index in [1.165, 1.54) is 131 Å². The van der Waals surface area contributed by atoms with E-state index in [0.717, 1.165) is 6.42 Å². The van der Waals surface area contributed by atoms with Gasteiger partial charge in [-0.2, -0.15) is 0 Å². The molecular formula is C28H50OS. The van der Waals surface area contributed by atoms with Crippen molar-refractivity contribution in [2.75, 3.05) is 5.75 Å². The van der Waals surface area contributed by atoms with Gasteiger partial charge in [0.1, 0.15) is 5.75 Å². The fraction of sp³-hybridized carbons (Fsp3) is 0.786. The monoisotopic (exact) mass is 434 g/mol. The van der Waals surface area contributed by atoms with Gasteiger partial charge in [0.05, 0.1) is 0 Å². The first-order chi connectivity index (χ1) is 14.7. The van der Waals surface area contributed by atoms with E-state index in [-0.39, 0.29) is 0 Å². The molecule has 1 nitrogen and oxygen atoms in total. The number of unbranched alkanes of at least 4 members (excludes halogenated alkanes) is 15. The molecule has 30 heavy (non-hydrogen) atoms. The lowest BCUT2D eigenvalue weighted by atomic mass is 10.00. The van der Waals surface area contributed by atoms with Crippen molar-refractivity contribution in [2.24, 2.45) is 0 Å². The summed E-state index contributed by atoms with van der Waals surface area (Å²) in [5.41, 5.74) is 2.51. The maximum Gasteiger partial charge on any atom is 0.119 e. The number of benzene rings is 1. The number of hydrogen-bond acceptors (Lipinski definition) is 2. The number of phenols is 1. The van der Waals surface area contributed by atoms with Gasteiger partial charge in [-0.05, 0) is 55.2 Å². The minimum atomic E-state index is 0.502. The quantitative estimate of drug-likeness (QED) is 0.163. The average Bonchev–Trinajstić information content (AvgIpc) is 2.74. The molecule has 0 amide bonds. The van der Waals surface area contributed by atoms with Crippen LogP contribution >= 0.6 is 11.8 Å². The van der Waals surface area contributed by atoms with Crippen LogP contribution in [0.15, 0.2) is 17.0 Å². The third-order valence-electron chi connectivity index (χ3n) is 6.31. The highest BCUT2D eigenvalue weighted by molar-refractivity contribution is 7.99. The van der Waals surface area contributed by atoms with Gasteiger partial charge in [-0.3, -0.25) is 0 Å². The van der Waals surface area contributed by atoms with Crippen LogP contribution in [-0.4, -0.2) is 10.9 Å². The van der Waals surface area contributed by atoms with E-state index in [4.69, 9.17) is 0 Å². The van der Waals surface area contributed by atoms with E-state index in [1.807, 2.05) is 17.8 Å².